The van der Waals surface area contributed by atoms with Crippen molar-refractivity contribution in [2.24, 2.45) is 17.4 Å². The van der Waals surface area contributed by atoms with Gasteiger partial charge < -0.3 is 16.4 Å². The van der Waals surface area contributed by atoms with Gasteiger partial charge >= 0.3 is 0 Å². The highest BCUT2D eigenvalue weighted by atomic mass is 16.1. The fourth-order valence-corrected chi connectivity index (χ4v) is 2.38. The summed E-state index contributed by atoms with van der Waals surface area (Å²) in [4.78, 5) is 17.5. The van der Waals surface area contributed by atoms with Crippen molar-refractivity contribution < 1.29 is 4.79 Å². The normalized spacial score (nSPS) is 16.8. The van der Waals surface area contributed by atoms with E-state index in [0.717, 1.165) is 37.3 Å². The SMILES string of the molecule is NCc1ccc(N2CCC(CC(N)=O)CC2)nc1. The minimum atomic E-state index is -0.195. The molecule has 1 aromatic heterocycles. The first-order valence-electron chi connectivity index (χ1n) is 6.37. The van der Waals surface area contributed by atoms with Crippen LogP contribution in [0.4, 0.5) is 5.82 Å². The second kappa shape index (κ2) is 5.82. The number of hydrogen-bond donors (Lipinski definition) is 2. The molecule has 2 heterocycles. The van der Waals surface area contributed by atoms with Crippen LogP contribution in [0.5, 0.6) is 0 Å². The van der Waals surface area contributed by atoms with E-state index in [2.05, 4.69) is 9.88 Å². The summed E-state index contributed by atoms with van der Waals surface area (Å²) in [5.41, 5.74) is 11.8. The monoisotopic (exact) mass is 248 g/mol. The van der Waals surface area contributed by atoms with Crippen LogP contribution in [0.15, 0.2) is 18.3 Å². The number of carbonyl (C=O) groups excluding carboxylic acids is 1. The van der Waals surface area contributed by atoms with Crippen LogP contribution in [-0.4, -0.2) is 24.0 Å². The number of aromatic nitrogens is 1. The summed E-state index contributed by atoms with van der Waals surface area (Å²) in [5, 5.41) is 0. The Bertz CT molecular complexity index is 396. The first-order valence-corrected chi connectivity index (χ1v) is 6.37. The molecular weight excluding hydrogens is 228 g/mol. The predicted octanol–water partition coefficient (Wildman–Crippen LogP) is 0.632. The molecule has 1 aliphatic rings. The molecule has 0 spiro atoms. The molecule has 0 aliphatic carbocycles. The van der Waals surface area contributed by atoms with E-state index in [1.165, 1.54) is 0 Å². The molecule has 98 valence electrons. The summed E-state index contributed by atoms with van der Waals surface area (Å²) in [6.07, 6.45) is 4.34. The Morgan fingerprint density at radius 3 is 2.61 bits per heavy atom. The van der Waals surface area contributed by atoms with Crippen molar-refractivity contribution >= 4 is 11.7 Å². The molecule has 4 N–H and O–H groups in total. The second-order valence-electron chi connectivity index (χ2n) is 4.83. The predicted molar refractivity (Wildman–Crippen MR) is 70.9 cm³/mol. The highest BCUT2D eigenvalue weighted by Crippen LogP contribution is 2.23. The Hall–Kier alpha value is -1.62. The number of hydrogen-bond acceptors (Lipinski definition) is 4. The van der Waals surface area contributed by atoms with Gasteiger partial charge in [-0.15, -0.1) is 0 Å². The zero-order chi connectivity index (χ0) is 13.0. The number of pyridine rings is 1. The van der Waals surface area contributed by atoms with Crippen molar-refractivity contribution in [3.63, 3.8) is 0 Å². The van der Waals surface area contributed by atoms with E-state index in [0.29, 0.717) is 18.9 Å². The van der Waals surface area contributed by atoms with Gasteiger partial charge in [-0.2, -0.15) is 0 Å². The van der Waals surface area contributed by atoms with Crippen molar-refractivity contribution in [3.05, 3.63) is 23.9 Å². The highest BCUT2D eigenvalue weighted by Gasteiger charge is 2.21. The molecule has 0 radical (unpaired) electrons. The summed E-state index contributed by atoms with van der Waals surface area (Å²) in [5.74, 6) is 1.23. The molecule has 0 bridgehead atoms. The number of amides is 1. The standard InChI is InChI=1S/C13H20N4O/c14-8-11-1-2-13(16-9-11)17-5-3-10(4-6-17)7-12(15)18/h1-2,9-10H,3-8,14H2,(H2,15,18). The third-order valence-corrected chi connectivity index (χ3v) is 3.47. The number of piperidine rings is 1. The molecule has 0 atom stereocenters. The lowest BCUT2D eigenvalue weighted by atomic mass is 9.93. The number of carbonyl (C=O) groups is 1. The molecule has 1 aliphatic heterocycles. The number of primary amides is 1. The molecular formula is C13H20N4O. The lowest BCUT2D eigenvalue weighted by Gasteiger charge is -2.32. The number of rotatable bonds is 4. The van der Waals surface area contributed by atoms with Gasteiger partial charge in [-0.1, -0.05) is 6.07 Å². The number of nitrogens with two attached hydrogens (primary N) is 2. The van der Waals surface area contributed by atoms with Crippen molar-refractivity contribution in [3.8, 4) is 0 Å². The number of nitrogens with zero attached hydrogens (tertiary/aromatic N) is 2. The summed E-state index contributed by atoms with van der Waals surface area (Å²) in [6.45, 7) is 2.40. The van der Waals surface area contributed by atoms with Crippen LogP contribution in [0.1, 0.15) is 24.8 Å². The minimum absolute atomic E-state index is 0.195. The molecule has 0 unspecified atom stereocenters. The zero-order valence-electron chi connectivity index (χ0n) is 10.5. The summed E-state index contributed by atoms with van der Waals surface area (Å²) >= 11 is 0. The topological polar surface area (TPSA) is 85.2 Å². The Labute approximate surface area is 107 Å². The van der Waals surface area contributed by atoms with Gasteiger partial charge in [0.25, 0.3) is 0 Å². The Balaban J connectivity index is 1.90. The molecule has 18 heavy (non-hydrogen) atoms. The molecule has 0 saturated carbocycles. The third-order valence-electron chi connectivity index (χ3n) is 3.47. The van der Waals surface area contributed by atoms with E-state index in [1.807, 2.05) is 18.3 Å². The molecule has 5 heteroatoms. The quantitative estimate of drug-likeness (QED) is 0.818. The Kier molecular flexibility index (Phi) is 4.15. The average Bonchev–Trinajstić information content (AvgIpc) is 2.39. The fourth-order valence-electron chi connectivity index (χ4n) is 2.38. The van der Waals surface area contributed by atoms with Crippen LogP contribution < -0.4 is 16.4 Å². The van der Waals surface area contributed by atoms with Gasteiger partial charge in [0.05, 0.1) is 0 Å². The van der Waals surface area contributed by atoms with E-state index < -0.39 is 0 Å². The minimum Gasteiger partial charge on any atom is -0.370 e. The van der Waals surface area contributed by atoms with E-state index >= 15 is 0 Å². The fraction of sp³-hybridized carbons (Fsp3) is 0.538. The van der Waals surface area contributed by atoms with Crippen molar-refractivity contribution in [2.75, 3.05) is 18.0 Å². The van der Waals surface area contributed by atoms with E-state index in [-0.39, 0.29) is 5.91 Å². The lowest BCUT2D eigenvalue weighted by molar-refractivity contribution is -0.119. The molecule has 0 aromatic carbocycles. The molecule has 1 fully saturated rings. The van der Waals surface area contributed by atoms with Crippen LogP contribution in [-0.2, 0) is 11.3 Å². The van der Waals surface area contributed by atoms with Gasteiger partial charge in [0.1, 0.15) is 5.82 Å². The van der Waals surface area contributed by atoms with Crippen LogP contribution in [0.2, 0.25) is 0 Å². The second-order valence-corrected chi connectivity index (χ2v) is 4.83. The van der Waals surface area contributed by atoms with Crippen molar-refractivity contribution in [1.82, 2.24) is 4.98 Å². The van der Waals surface area contributed by atoms with Gasteiger partial charge in [-0.25, -0.2) is 4.98 Å². The van der Waals surface area contributed by atoms with Gasteiger partial charge in [-0.3, -0.25) is 4.79 Å². The average molecular weight is 248 g/mol. The van der Waals surface area contributed by atoms with Crippen molar-refractivity contribution in [2.45, 2.75) is 25.8 Å². The van der Waals surface area contributed by atoms with Crippen LogP contribution >= 0.6 is 0 Å². The van der Waals surface area contributed by atoms with Crippen LogP contribution in [0.3, 0.4) is 0 Å². The first kappa shape index (κ1) is 12.8. The third kappa shape index (κ3) is 3.20. The maximum absolute atomic E-state index is 10.9. The van der Waals surface area contributed by atoms with Crippen LogP contribution in [0.25, 0.3) is 0 Å². The maximum Gasteiger partial charge on any atom is 0.217 e. The smallest absolute Gasteiger partial charge is 0.217 e. The van der Waals surface area contributed by atoms with Gasteiger partial charge in [-0.05, 0) is 30.4 Å². The van der Waals surface area contributed by atoms with Crippen LogP contribution in [0, 0.1) is 5.92 Å². The summed E-state index contributed by atoms with van der Waals surface area (Å²) < 4.78 is 0. The molecule has 2 rings (SSSR count). The van der Waals surface area contributed by atoms with E-state index in [4.69, 9.17) is 11.5 Å². The first-order chi connectivity index (χ1) is 8.69. The molecule has 5 nitrogen and oxygen atoms in total. The van der Waals surface area contributed by atoms with Gasteiger partial charge in [0.15, 0.2) is 0 Å². The molecule has 1 amide bonds. The largest absolute Gasteiger partial charge is 0.370 e. The molecule has 1 saturated heterocycles. The van der Waals surface area contributed by atoms with Gasteiger partial charge in [0.2, 0.25) is 5.91 Å². The van der Waals surface area contributed by atoms with E-state index in [9.17, 15) is 4.79 Å². The maximum atomic E-state index is 10.9. The summed E-state index contributed by atoms with van der Waals surface area (Å²) in [7, 11) is 0. The van der Waals surface area contributed by atoms with E-state index in [1.54, 1.807) is 0 Å². The Morgan fingerprint density at radius 2 is 2.11 bits per heavy atom. The lowest BCUT2D eigenvalue weighted by Crippen LogP contribution is -2.35. The number of anilines is 1. The van der Waals surface area contributed by atoms with Gasteiger partial charge in [0, 0.05) is 32.3 Å². The zero-order valence-corrected chi connectivity index (χ0v) is 10.5. The highest BCUT2D eigenvalue weighted by molar-refractivity contribution is 5.74. The summed E-state index contributed by atoms with van der Waals surface area (Å²) in [6, 6.07) is 4.02. The molecule has 1 aromatic rings. The Morgan fingerprint density at radius 1 is 1.39 bits per heavy atom. The van der Waals surface area contributed by atoms with Crippen molar-refractivity contribution in [1.29, 1.82) is 0 Å².